The van der Waals surface area contributed by atoms with Gasteiger partial charge in [0, 0.05) is 92.8 Å². The molecule has 0 N–H and O–H groups in total. The number of hydrogen-bond acceptors (Lipinski definition) is 17. The molecule has 0 radical (unpaired) electrons. The highest BCUT2D eigenvalue weighted by molar-refractivity contribution is 6.07. The number of methoxy groups -OCH3 is 4. The Labute approximate surface area is 624 Å². The quantitative estimate of drug-likeness (QED) is 0.0334. The number of fused-ring (bicyclic) bond motifs is 6. The Morgan fingerprint density at radius 3 is 1.11 bits per heavy atom. The van der Waals surface area contributed by atoms with Gasteiger partial charge in [0.15, 0.2) is 11.2 Å². The summed E-state index contributed by atoms with van der Waals surface area (Å²) in [6.45, 7) is 7.10. The van der Waals surface area contributed by atoms with Crippen LogP contribution in [0.25, 0.3) is 56.0 Å². The molecule has 0 spiro atoms. The molecule has 17 heteroatoms. The van der Waals surface area contributed by atoms with Gasteiger partial charge < -0.3 is 61.9 Å². The fraction of sp³-hybridized carbons (Fsp3) is 0.289. The van der Waals surface area contributed by atoms with Crippen molar-refractivity contribution in [1.82, 2.24) is 0 Å². The first kappa shape index (κ1) is 72.4. The number of esters is 4. The Morgan fingerprint density at radius 1 is 0.402 bits per heavy atom. The zero-order valence-corrected chi connectivity index (χ0v) is 61.3. The fourth-order valence-electron chi connectivity index (χ4n) is 15.1. The molecule has 10 aromatic rings. The summed E-state index contributed by atoms with van der Waals surface area (Å²) >= 11 is 0. The van der Waals surface area contributed by atoms with Crippen molar-refractivity contribution in [1.29, 1.82) is 0 Å². The summed E-state index contributed by atoms with van der Waals surface area (Å²) in [5.41, 5.74) is 10.3. The molecule has 4 heterocycles. The molecule has 2 saturated heterocycles. The number of anilines is 2. The molecule has 4 aliphatic heterocycles. The van der Waals surface area contributed by atoms with Crippen LogP contribution < -0.4 is 38.2 Å². The average Bonchev–Trinajstić information content (AvgIpc) is 0.757. The summed E-state index contributed by atoms with van der Waals surface area (Å²) < 4.78 is 67.2. The standard InChI is InChI=1S/C90H88N2O15/c1-59(104-83(95)43-41-81(93)102-57-79-75-45-47-89(63-17-9-7-10-18-63,65-25-29-67(30-26-65)91-49-13-14-50-91)106-87(75)77-53-71(99-5)37-39-73(77)85(79)61-21-33-69(97-3)34-22-61)55-101-56-60(2)105-84(96)44-42-82(94)103-58-80-76-46-48-90(64-19-11-8-12-20-64,66-27-31-68(32-28-66)92-51-15-16-52-92)107-88(76)78-54-72(100-6)38-40-74(78)86(80)62-23-35-70(98-4)36-24-62/h7-12,17-40,45-48,53-54,59-60H,13-16,41-44,49-52,55-58H2,1-6H3. The highest BCUT2D eigenvalue weighted by Crippen LogP contribution is 2.53. The summed E-state index contributed by atoms with van der Waals surface area (Å²) in [6, 6.07) is 64.8. The van der Waals surface area contributed by atoms with E-state index in [0.717, 1.165) is 103 Å². The molecule has 4 unspecified atom stereocenters. The molecule has 4 aliphatic rings. The van der Waals surface area contributed by atoms with E-state index in [-0.39, 0.29) is 52.1 Å². The van der Waals surface area contributed by atoms with Crippen LogP contribution >= 0.6 is 0 Å². The van der Waals surface area contributed by atoms with Crippen LogP contribution in [0.15, 0.2) is 206 Å². The molecule has 14 rings (SSSR count). The second kappa shape index (κ2) is 32.4. The smallest absolute Gasteiger partial charge is 0.306 e. The van der Waals surface area contributed by atoms with Gasteiger partial charge in [-0.2, -0.15) is 0 Å². The van der Waals surface area contributed by atoms with E-state index in [9.17, 15) is 19.2 Å². The van der Waals surface area contributed by atoms with Gasteiger partial charge in [-0.1, -0.05) is 121 Å². The van der Waals surface area contributed by atoms with Crippen LogP contribution in [0, 0.1) is 0 Å². The summed E-state index contributed by atoms with van der Waals surface area (Å²) in [5.74, 6) is 1.38. The van der Waals surface area contributed by atoms with Gasteiger partial charge in [0.1, 0.15) is 59.9 Å². The fourth-order valence-corrected chi connectivity index (χ4v) is 15.1. The van der Waals surface area contributed by atoms with E-state index in [1.54, 1.807) is 42.3 Å². The summed E-state index contributed by atoms with van der Waals surface area (Å²) in [5, 5.41) is 3.30. The second-order valence-electron chi connectivity index (χ2n) is 27.5. The maximum Gasteiger partial charge on any atom is 0.306 e. The molecule has 2 fully saturated rings. The lowest BCUT2D eigenvalue weighted by Crippen LogP contribution is -2.34. The molecule has 0 aliphatic carbocycles. The van der Waals surface area contributed by atoms with Crippen molar-refractivity contribution in [2.75, 3.05) is 77.6 Å². The number of benzene rings is 10. The molecule has 107 heavy (non-hydrogen) atoms. The molecule has 0 saturated carbocycles. The zero-order chi connectivity index (χ0) is 74.0. The molecular weight excluding hydrogens is 1350 g/mol. The van der Waals surface area contributed by atoms with Crippen molar-refractivity contribution in [2.45, 2.75) is 102 Å². The van der Waals surface area contributed by atoms with Gasteiger partial charge in [0.2, 0.25) is 0 Å². The van der Waals surface area contributed by atoms with Gasteiger partial charge in [0.25, 0.3) is 0 Å². The van der Waals surface area contributed by atoms with E-state index in [0.29, 0.717) is 45.6 Å². The lowest BCUT2D eigenvalue weighted by molar-refractivity contribution is -0.158. The van der Waals surface area contributed by atoms with Crippen molar-refractivity contribution in [2.24, 2.45) is 0 Å². The molecule has 17 nitrogen and oxygen atoms in total. The second-order valence-corrected chi connectivity index (χ2v) is 27.5. The SMILES string of the molecule is COc1ccc(-c2c(COC(=O)CCC(=O)OC(C)COCC(C)OC(=O)CCC(=O)OCc3c4c(c5cc(OC)ccc5c3-c3ccc(OC)cc3)OC(c3ccccc3)(c3ccc(N5CCCC5)cc3)C=C4)c3c(c4cc(OC)ccc24)OC(c2ccccc2)(c2ccc(N4CCCC4)cc2)C=C3)cc1. The average molecular weight is 1440 g/mol. The third-order valence-corrected chi connectivity index (χ3v) is 20.6. The lowest BCUT2D eigenvalue weighted by Gasteiger charge is -2.38. The summed E-state index contributed by atoms with van der Waals surface area (Å²) in [7, 11) is 6.51. The van der Waals surface area contributed by atoms with Crippen molar-refractivity contribution in [3.8, 4) is 56.8 Å². The third-order valence-electron chi connectivity index (χ3n) is 20.6. The van der Waals surface area contributed by atoms with Gasteiger partial charge in [-0.25, -0.2) is 0 Å². The Kier molecular flexibility index (Phi) is 21.9. The molecular formula is C90H88N2O15. The van der Waals surface area contributed by atoms with Crippen LogP contribution in [0.5, 0.6) is 34.5 Å². The summed E-state index contributed by atoms with van der Waals surface area (Å²) in [6.07, 6.45) is 10.5. The maximum atomic E-state index is 13.8. The van der Waals surface area contributed by atoms with Crippen molar-refractivity contribution >= 4 is 68.9 Å². The Morgan fingerprint density at radius 2 is 0.748 bits per heavy atom. The summed E-state index contributed by atoms with van der Waals surface area (Å²) in [4.78, 5) is 59.2. The first-order chi connectivity index (χ1) is 52.2. The molecule has 4 atom stereocenters. The van der Waals surface area contributed by atoms with Gasteiger partial charge >= 0.3 is 23.9 Å². The number of carbonyl (C=O) groups excluding carboxylic acids is 4. The van der Waals surface area contributed by atoms with Crippen molar-refractivity contribution < 1.29 is 71.3 Å². The number of nitrogens with zero attached hydrogens (tertiary/aromatic N) is 2. The van der Waals surface area contributed by atoms with E-state index in [1.807, 2.05) is 121 Å². The van der Waals surface area contributed by atoms with E-state index >= 15 is 0 Å². The van der Waals surface area contributed by atoms with E-state index in [2.05, 4.69) is 107 Å². The highest BCUT2D eigenvalue weighted by Gasteiger charge is 2.42. The molecule has 0 amide bonds. The van der Waals surface area contributed by atoms with Crippen LogP contribution in [0.1, 0.15) is 110 Å². The van der Waals surface area contributed by atoms with Crippen LogP contribution in [-0.2, 0) is 67.3 Å². The molecule has 0 bridgehead atoms. The molecule has 548 valence electrons. The minimum Gasteiger partial charge on any atom is -0.497 e. The topological polar surface area (TPSA) is 176 Å². The van der Waals surface area contributed by atoms with Crippen molar-refractivity contribution in [3.05, 3.63) is 251 Å². The third kappa shape index (κ3) is 15.5. The van der Waals surface area contributed by atoms with E-state index in [4.69, 9.17) is 52.1 Å². The van der Waals surface area contributed by atoms with Crippen LogP contribution in [0.2, 0.25) is 0 Å². The van der Waals surface area contributed by atoms with E-state index < -0.39 is 47.3 Å². The Bertz CT molecular complexity index is 4610. The van der Waals surface area contributed by atoms with Crippen LogP contribution in [0.4, 0.5) is 11.4 Å². The lowest BCUT2D eigenvalue weighted by atomic mass is 9.81. The largest absolute Gasteiger partial charge is 0.497 e. The predicted molar refractivity (Wildman–Crippen MR) is 415 cm³/mol. The van der Waals surface area contributed by atoms with Crippen LogP contribution in [0.3, 0.4) is 0 Å². The Balaban J connectivity index is 0.605. The van der Waals surface area contributed by atoms with Gasteiger partial charge in [-0.05, 0) is 170 Å². The number of ether oxygens (including phenoxy) is 11. The van der Waals surface area contributed by atoms with E-state index in [1.165, 1.54) is 37.1 Å². The predicted octanol–water partition coefficient (Wildman–Crippen LogP) is 17.5. The number of hydrogen-bond donors (Lipinski definition) is 0. The molecule has 10 aromatic carbocycles. The van der Waals surface area contributed by atoms with Gasteiger partial charge in [-0.3, -0.25) is 19.2 Å². The zero-order valence-electron chi connectivity index (χ0n) is 61.3. The minimum atomic E-state index is -1.04. The molecule has 0 aromatic heterocycles. The van der Waals surface area contributed by atoms with Gasteiger partial charge in [0.05, 0.1) is 67.3 Å². The first-order valence-electron chi connectivity index (χ1n) is 36.7. The highest BCUT2D eigenvalue weighted by atomic mass is 16.6. The number of rotatable bonds is 28. The maximum absolute atomic E-state index is 13.8. The number of carbonyl (C=O) groups is 4. The van der Waals surface area contributed by atoms with Gasteiger partial charge in [-0.15, -0.1) is 0 Å². The van der Waals surface area contributed by atoms with Crippen LogP contribution in [-0.4, -0.2) is 104 Å². The first-order valence-corrected chi connectivity index (χ1v) is 36.7. The normalized spacial score (nSPS) is 16.9. The minimum absolute atomic E-state index is 0.0213. The monoisotopic (exact) mass is 1440 g/mol. The Hall–Kier alpha value is -11.6. The van der Waals surface area contributed by atoms with Crippen molar-refractivity contribution in [3.63, 3.8) is 0 Å².